The quantitative estimate of drug-likeness (QED) is 0.0277. The van der Waals surface area contributed by atoms with Crippen molar-refractivity contribution in [3.05, 3.63) is 72.9 Å². The van der Waals surface area contributed by atoms with Crippen molar-refractivity contribution in [3.8, 4) is 0 Å². The highest BCUT2D eigenvalue weighted by Gasteiger charge is 2.44. The number of esters is 2. The predicted molar refractivity (Wildman–Crippen MR) is 228 cm³/mol. The standard InChI is InChI=1S/C47H78O10/c1-3-5-7-9-11-13-15-17-19-20-22-24-26-28-30-32-34-36-43(50)56-40(39-55-47-46(53)45(52)44(51)41(37-48)57-47)38-54-42(49)35-33-31-29-27-25-23-21-18-16-14-12-10-8-6-4-2/h7,9,12-15,18-21,24,26,40-41,44-48,51-53H,3-6,8,10-11,16-17,22-23,25,27-39H2,1-2H3/b9-7+,14-12+,15-13+,20-19+,21-18+,26-24+/t40-,41-,44+,45?,46?,47-/m1/s1. The van der Waals surface area contributed by atoms with Crippen molar-refractivity contribution in [2.75, 3.05) is 19.8 Å². The van der Waals surface area contributed by atoms with Gasteiger partial charge < -0.3 is 39.4 Å². The van der Waals surface area contributed by atoms with Crippen molar-refractivity contribution in [2.24, 2.45) is 0 Å². The van der Waals surface area contributed by atoms with Crippen molar-refractivity contribution >= 4 is 11.9 Å². The maximum Gasteiger partial charge on any atom is 0.306 e. The largest absolute Gasteiger partial charge is 0.462 e. The van der Waals surface area contributed by atoms with Crippen molar-refractivity contribution in [1.82, 2.24) is 0 Å². The van der Waals surface area contributed by atoms with E-state index in [0.29, 0.717) is 12.8 Å². The molecule has 4 N–H and O–H groups in total. The Hall–Kier alpha value is -2.86. The van der Waals surface area contributed by atoms with E-state index in [4.69, 9.17) is 18.9 Å². The van der Waals surface area contributed by atoms with E-state index in [2.05, 4.69) is 86.8 Å². The fourth-order valence-electron chi connectivity index (χ4n) is 6.03. The molecule has 57 heavy (non-hydrogen) atoms. The van der Waals surface area contributed by atoms with E-state index in [-0.39, 0.29) is 26.1 Å². The summed E-state index contributed by atoms with van der Waals surface area (Å²) in [7, 11) is 0. The van der Waals surface area contributed by atoms with Crippen LogP contribution in [0.5, 0.6) is 0 Å². The van der Waals surface area contributed by atoms with Gasteiger partial charge >= 0.3 is 11.9 Å². The molecule has 1 fully saturated rings. The van der Waals surface area contributed by atoms with Crippen LogP contribution in [0.2, 0.25) is 0 Å². The molecule has 0 amide bonds. The lowest BCUT2D eigenvalue weighted by atomic mass is 9.99. The van der Waals surface area contributed by atoms with Crippen molar-refractivity contribution in [1.29, 1.82) is 0 Å². The number of carbonyl (C=O) groups excluding carboxylic acids is 2. The van der Waals surface area contributed by atoms with Crippen LogP contribution in [0, 0.1) is 0 Å². The smallest absolute Gasteiger partial charge is 0.306 e. The molecule has 326 valence electrons. The number of ether oxygens (including phenoxy) is 4. The molecule has 0 aromatic rings. The molecule has 1 heterocycles. The molecule has 0 aromatic carbocycles. The lowest BCUT2D eigenvalue weighted by molar-refractivity contribution is -0.305. The highest BCUT2D eigenvalue weighted by atomic mass is 16.7. The van der Waals surface area contributed by atoms with Gasteiger partial charge in [-0.1, -0.05) is 132 Å². The number of carbonyl (C=O) groups is 2. The lowest BCUT2D eigenvalue weighted by Crippen LogP contribution is -2.59. The van der Waals surface area contributed by atoms with E-state index >= 15 is 0 Å². The van der Waals surface area contributed by atoms with Gasteiger partial charge in [0.1, 0.15) is 31.0 Å². The molecule has 0 radical (unpaired) electrons. The van der Waals surface area contributed by atoms with Crippen LogP contribution in [-0.4, -0.2) is 89.0 Å². The molecule has 2 unspecified atom stereocenters. The van der Waals surface area contributed by atoms with E-state index in [0.717, 1.165) is 89.9 Å². The van der Waals surface area contributed by atoms with Gasteiger partial charge in [-0.3, -0.25) is 9.59 Å². The first-order valence-electron chi connectivity index (χ1n) is 22.0. The molecule has 0 aliphatic carbocycles. The first-order valence-corrected chi connectivity index (χ1v) is 22.0. The highest BCUT2D eigenvalue weighted by molar-refractivity contribution is 5.70. The first-order chi connectivity index (χ1) is 27.8. The molecule has 0 saturated carbocycles. The van der Waals surface area contributed by atoms with Crippen LogP contribution in [0.3, 0.4) is 0 Å². The fourth-order valence-corrected chi connectivity index (χ4v) is 6.03. The summed E-state index contributed by atoms with van der Waals surface area (Å²) in [5.74, 6) is -0.866. The predicted octanol–water partition coefficient (Wildman–Crippen LogP) is 9.22. The Morgan fingerprint density at radius 1 is 0.544 bits per heavy atom. The Kier molecular flexibility index (Phi) is 34.2. The van der Waals surface area contributed by atoms with E-state index in [1.807, 2.05) is 0 Å². The van der Waals surface area contributed by atoms with Crippen molar-refractivity contribution < 1.29 is 49.0 Å². The monoisotopic (exact) mass is 803 g/mol. The zero-order chi connectivity index (χ0) is 41.6. The lowest BCUT2D eigenvalue weighted by Gasteiger charge is -2.39. The SMILES string of the molecule is CCC/C=C/C/C=C/C/C=C/C/C=C/CCCCCC(=O)O[C@H](COC(=O)CCCCCCC/C=C/C/C=C/CCCCC)CO[C@@H]1O[C@H](CO)[C@H](O)C(O)C1O. The highest BCUT2D eigenvalue weighted by Crippen LogP contribution is 2.22. The normalized spacial score (nSPS) is 21.0. The van der Waals surface area contributed by atoms with Crippen LogP contribution in [0.1, 0.15) is 155 Å². The van der Waals surface area contributed by atoms with Gasteiger partial charge in [-0.25, -0.2) is 0 Å². The molecule has 6 atom stereocenters. The van der Waals surface area contributed by atoms with Gasteiger partial charge in [-0.05, 0) is 83.5 Å². The number of unbranched alkanes of at least 4 members (excludes halogenated alkanes) is 12. The molecular formula is C47H78O10. The van der Waals surface area contributed by atoms with Crippen LogP contribution in [0.15, 0.2) is 72.9 Å². The molecular weight excluding hydrogens is 725 g/mol. The summed E-state index contributed by atoms with van der Waals surface area (Å²) in [6, 6.07) is 0. The third kappa shape index (κ3) is 29.1. The minimum Gasteiger partial charge on any atom is -0.462 e. The molecule has 1 rings (SSSR count). The van der Waals surface area contributed by atoms with Crippen LogP contribution in [0.4, 0.5) is 0 Å². The van der Waals surface area contributed by atoms with Crippen LogP contribution < -0.4 is 0 Å². The molecule has 1 aliphatic heterocycles. The van der Waals surface area contributed by atoms with Crippen LogP contribution in [0.25, 0.3) is 0 Å². The van der Waals surface area contributed by atoms with E-state index < -0.39 is 55.4 Å². The molecule has 0 aromatic heterocycles. The average Bonchev–Trinajstić information content (AvgIpc) is 3.21. The minimum absolute atomic E-state index is 0.185. The average molecular weight is 803 g/mol. The Morgan fingerprint density at radius 3 is 1.56 bits per heavy atom. The molecule has 10 heteroatoms. The van der Waals surface area contributed by atoms with Crippen LogP contribution in [-0.2, 0) is 28.5 Å². The fraction of sp³-hybridized carbons (Fsp3) is 0.702. The second-order valence-corrected chi connectivity index (χ2v) is 14.8. The van der Waals surface area contributed by atoms with E-state index in [9.17, 15) is 30.0 Å². The van der Waals surface area contributed by atoms with Gasteiger partial charge in [0.25, 0.3) is 0 Å². The molecule has 0 bridgehead atoms. The van der Waals surface area contributed by atoms with Crippen LogP contribution >= 0.6 is 0 Å². The Labute approximate surface area is 344 Å². The second kappa shape index (κ2) is 37.4. The summed E-state index contributed by atoms with van der Waals surface area (Å²) >= 11 is 0. The number of hydrogen-bond acceptors (Lipinski definition) is 10. The number of allylic oxidation sites excluding steroid dienone is 12. The van der Waals surface area contributed by atoms with Gasteiger partial charge in [0.05, 0.1) is 13.2 Å². The molecule has 0 spiro atoms. The summed E-state index contributed by atoms with van der Waals surface area (Å²) in [6.07, 6.45) is 39.0. The summed E-state index contributed by atoms with van der Waals surface area (Å²) in [4.78, 5) is 25.3. The number of rotatable bonds is 35. The maximum atomic E-state index is 12.8. The topological polar surface area (TPSA) is 152 Å². The molecule has 1 saturated heterocycles. The minimum atomic E-state index is -1.61. The first kappa shape index (κ1) is 52.2. The third-order valence-corrected chi connectivity index (χ3v) is 9.54. The maximum absolute atomic E-state index is 12.8. The van der Waals surface area contributed by atoms with Gasteiger partial charge in [0.2, 0.25) is 0 Å². The van der Waals surface area contributed by atoms with Gasteiger partial charge in [-0.15, -0.1) is 0 Å². The Balaban J connectivity index is 2.39. The molecule has 10 nitrogen and oxygen atoms in total. The summed E-state index contributed by atoms with van der Waals surface area (Å²) < 4.78 is 22.1. The van der Waals surface area contributed by atoms with Gasteiger partial charge in [0, 0.05) is 12.8 Å². The van der Waals surface area contributed by atoms with Crippen molar-refractivity contribution in [2.45, 2.75) is 192 Å². The van der Waals surface area contributed by atoms with Gasteiger partial charge in [-0.2, -0.15) is 0 Å². The second-order valence-electron chi connectivity index (χ2n) is 14.8. The summed E-state index contributed by atoms with van der Waals surface area (Å²) in [5.41, 5.74) is 0. The van der Waals surface area contributed by atoms with E-state index in [1.54, 1.807) is 0 Å². The number of aliphatic hydroxyl groups is 4. The third-order valence-electron chi connectivity index (χ3n) is 9.54. The Morgan fingerprint density at radius 2 is 1.02 bits per heavy atom. The zero-order valence-electron chi connectivity index (χ0n) is 35.3. The molecule has 1 aliphatic rings. The summed E-state index contributed by atoms with van der Waals surface area (Å²) in [5, 5.41) is 40.0. The van der Waals surface area contributed by atoms with Crippen molar-refractivity contribution in [3.63, 3.8) is 0 Å². The Bertz CT molecular complexity index is 1160. The van der Waals surface area contributed by atoms with E-state index in [1.165, 1.54) is 25.7 Å². The summed E-state index contributed by atoms with van der Waals surface area (Å²) in [6.45, 7) is 3.26. The number of aliphatic hydroxyl groups excluding tert-OH is 4. The zero-order valence-corrected chi connectivity index (χ0v) is 35.3. The number of hydrogen-bond donors (Lipinski definition) is 4. The van der Waals surface area contributed by atoms with Gasteiger partial charge in [0.15, 0.2) is 12.4 Å².